The van der Waals surface area contributed by atoms with Gasteiger partial charge in [0.15, 0.2) is 0 Å². The van der Waals surface area contributed by atoms with E-state index in [2.05, 4.69) is 0 Å². The van der Waals surface area contributed by atoms with Gasteiger partial charge in [-0.15, -0.1) is 0 Å². The van der Waals surface area contributed by atoms with Crippen LogP contribution in [-0.4, -0.2) is 0 Å². The van der Waals surface area contributed by atoms with Crippen LogP contribution in [0.2, 0.25) is 5.02 Å². The zero-order valence-electron chi connectivity index (χ0n) is 9.00. The molecule has 0 aliphatic carbocycles. The van der Waals surface area contributed by atoms with E-state index in [1.54, 1.807) is 6.07 Å². The second-order valence-corrected chi connectivity index (χ2v) is 4.10. The van der Waals surface area contributed by atoms with Crippen molar-refractivity contribution in [1.29, 1.82) is 0 Å². The Kier molecular flexibility index (Phi) is 3.25. The minimum Gasteiger partial charge on any atom is -0.207 e. The highest BCUT2D eigenvalue weighted by Crippen LogP contribution is 2.23. The smallest absolute Gasteiger partial charge is 0.126 e. The van der Waals surface area contributed by atoms with E-state index in [4.69, 9.17) is 11.6 Å². The molecule has 82 valence electrons. The maximum Gasteiger partial charge on any atom is 0.126 e. The molecule has 0 saturated carbocycles. The van der Waals surface area contributed by atoms with Crippen molar-refractivity contribution in [2.45, 2.75) is 13.3 Å². The molecule has 0 fully saturated rings. The Bertz CT molecular complexity index is 489. The Hall–Kier alpha value is -1.34. The lowest BCUT2D eigenvalue weighted by Gasteiger charge is -2.05. The molecule has 0 spiro atoms. The van der Waals surface area contributed by atoms with E-state index in [0.29, 0.717) is 11.4 Å². The quantitative estimate of drug-likeness (QED) is 0.706. The van der Waals surface area contributed by atoms with Gasteiger partial charge in [0.1, 0.15) is 5.82 Å². The van der Waals surface area contributed by atoms with Crippen LogP contribution >= 0.6 is 11.6 Å². The number of hydrogen-bond donors (Lipinski definition) is 0. The number of aryl methyl sites for hydroxylation is 1. The average molecular weight is 235 g/mol. The lowest BCUT2D eigenvalue weighted by atomic mass is 10.0. The average Bonchev–Trinajstić information content (AvgIpc) is 2.31. The summed E-state index contributed by atoms with van der Waals surface area (Å²) in [5.41, 5.74) is 2.82. The molecular formula is C14H12ClF. The Morgan fingerprint density at radius 2 is 1.62 bits per heavy atom. The van der Waals surface area contributed by atoms with Crippen molar-refractivity contribution >= 4 is 11.6 Å². The summed E-state index contributed by atoms with van der Waals surface area (Å²) in [6.45, 7) is 1.95. The first kappa shape index (κ1) is 11.2. The number of halogens is 2. The molecule has 0 aliphatic rings. The molecule has 2 rings (SSSR count). The summed E-state index contributed by atoms with van der Waals surface area (Å²) in [5, 5.41) is 0.710. The number of benzene rings is 2. The Labute approximate surface area is 99.7 Å². The van der Waals surface area contributed by atoms with E-state index >= 15 is 0 Å². The third-order valence-electron chi connectivity index (χ3n) is 2.60. The summed E-state index contributed by atoms with van der Waals surface area (Å²) >= 11 is 5.82. The molecule has 2 aromatic rings. The molecule has 16 heavy (non-hydrogen) atoms. The maximum absolute atomic E-state index is 13.3. The van der Waals surface area contributed by atoms with Crippen LogP contribution in [0.25, 0.3) is 11.1 Å². The molecule has 0 atom stereocenters. The van der Waals surface area contributed by atoms with E-state index in [1.165, 1.54) is 6.07 Å². The van der Waals surface area contributed by atoms with Crippen LogP contribution in [0, 0.1) is 5.82 Å². The molecule has 0 amide bonds. The first-order chi connectivity index (χ1) is 7.70. The minimum absolute atomic E-state index is 0.139. The third kappa shape index (κ3) is 2.25. The highest BCUT2D eigenvalue weighted by molar-refractivity contribution is 6.30. The molecule has 2 aromatic carbocycles. The molecule has 0 unspecified atom stereocenters. The summed E-state index contributed by atoms with van der Waals surface area (Å²) in [5.74, 6) is -0.139. The SMILES string of the molecule is CCc1cc(-c2ccc(Cl)cc2)ccc1F. The molecule has 0 aliphatic heterocycles. The van der Waals surface area contributed by atoms with Gasteiger partial charge in [-0.05, 0) is 47.4 Å². The van der Waals surface area contributed by atoms with Crippen LogP contribution in [0.5, 0.6) is 0 Å². The summed E-state index contributed by atoms with van der Waals surface area (Å²) in [4.78, 5) is 0. The van der Waals surface area contributed by atoms with Gasteiger partial charge in [0.05, 0.1) is 0 Å². The molecule has 0 bridgehead atoms. The zero-order valence-corrected chi connectivity index (χ0v) is 9.76. The van der Waals surface area contributed by atoms with Gasteiger partial charge < -0.3 is 0 Å². The van der Waals surface area contributed by atoms with Crippen LogP contribution in [0.4, 0.5) is 4.39 Å². The Morgan fingerprint density at radius 3 is 2.25 bits per heavy atom. The van der Waals surface area contributed by atoms with Gasteiger partial charge in [-0.1, -0.05) is 36.7 Å². The first-order valence-electron chi connectivity index (χ1n) is 5.25. The van der Waals surface area contributed by atoms with Crippen LogP contribution in [0.15, 0.2) is 42.5 Å². The summed E-state index contributed by atoms with van der Waals surface area (Å²) < 4.78 is 13.3. The topological polar surface area (TPSA) is 0 Å². The fourth-order valence-corrected chi connectivity index (χ4v) is 1.79. The van der Waals surface area contributed by atoms with Crippen molar-refractivity contribution in [3.8, 4) is 11.1 Å². The van der Waals surface area contributed by atoms with Gasteiger partial charge in [0, 0.05) is 5.02 Å². The van der Waals surface area contributed by atoms with Crippen molar-refractivity contribution in [1.82, 2.24) is 0 Å². The Balaban J connectivity index is 2.44. The van der Waals surface area contributed by atoms with Crippen molar-refractivity contribution in [2.75, 3.05) is 0 Å². The first-order valence-corrected chi connectivity index (χ1v) is 5.63. The highest BCUT2D eigenvalue weighted by Gasteiger charge is 2.03. The highest BCUT2D eigenvalue weighted by atomic mass is 35.5. The number of hydrogen-bond acceptors (Lipinski definition) is 0. The molecule has 0 radical (unpaired) electrons. The van der Waals surface area contributed by atoms with Gasteiger partial charge in [0.2, 0.25) is 0 Å². The van der Waals surface area contributed by atoms with Crippen molar-refractivity contribution < 1.29 is 4.39 Å². The molecule has 0 aromatic heterocycles. The zero-order chi connectivity index (χ0) is 11.5. The van der Waals surface area contributed by atoms with E-state index in [-0.39, 0.29) is 5.82 Å². The van der Waals surface area contributed by atoms with Crippen molar-refractivity contribution in [3.05, 3.63) is 58.9 Å². The van der Waals surface area contributed by atoms with E-state index < -0.39 is 0 Å². The summed E-state index contributed by atoms with van der Waals surface area (Å²) in [6.07, 6.45) is 0.702. The van der Waals surface area contributed by atoms with Gasteiger partial charge in [-0.3, -0.25) is 0 Å². The fourth-order valence-electron chi connectivity index (χ4n) is 1.67. The van der Waals surface area contributed by atoms with E-state index in [0.717, 1.165) is 16.7 Å². The predicted molar refractivity (Wildman–Crippen MR) is 66.2 cm³/mol. The van der Waals surface area contributed by atoms with Gasteiger partial charge in [-0.2, -0.15) is 0 Å². The van der Waals surface area contributed by atoms with Crippen LogP contribution in [0.1, 0.15) is 12.5 Å². The molecule has 0 nitrogen and oxygen atoms in total. The molecule has 0 heterocycles. The second-order valence-electron chi connectivity index (χ2n) is 3.67. The fraction of sp³-hybridized carbons (Fsp3) is 0.143. The lowest BCUT2D eigenvalue weighted by molar-refractivity contribution is 0.612. The molecular weight excluding hydrogens is 223 g/mol. The predicted octanol–water partition coefficient (Wildman–Crippen LogP) is 4.71. The lowest BCUT2D eigenvalue weighted by Crippen LogP contribution is -1.88. The second kappa shape index (κ2) is 4.67. The minimum atomic E-state index is -0.139. The van der Waals surface area contributed by atoms with Crippen molar-refractivity contribution in [2.24, 2.45) is 0 Å². The van der Waals surface area contributed by atoms with Gasteiger partial charge >= 0.3 is 0 Å². The van der Waals surface area contributed by atoms with Crippen LogP contribution < -0.4 is 0 Å². The standard InChI is InChI=1S/C14H12ClF/c1-2-10-9-12(5-8-14(10)16)11-3-6-13(15)7-4-11/h3-9H,2H2,1H3. The maximum atomic E-state index is 13.3. The molecule has 0 N–H and O–H groups in total. The third-order valence-corrected chi connectivity index (χ3v) is 2.86. The van der Waals surface area contributed by atoms with Crippen molar-refractivity contribution in [3.63, 3.8) is 0 Å². The Morgan fingerprint density at radius 1 is 1.00 bits per heavy atom. The van der Waals surface area contributed by atoms with Crippen LogP contribution in [-0.2, 0) is 6.42 Å². The normalized spacial score (nSPS) is 10.4. The number of rotatable bonds is 2. The summed E-state index contributed by atoms with van der Waals surface area (Å²) in [6, 6.07) is 12.8. The van der Waals surface area contributed by atoms with Gasteiger partial charge in [0.25, 0.3) is 0 Å². The molecule has 0 saturated heterocycles. The van der Waals surface area contributed by atoms with Crippen LogP contribution in [0.3, 0.4) is 0 Å². The van der Waals surface area contributed by atoms with E-state index in [1.807, 2.05) is 37.3 Å². The monoisotopic (exact) mass is 234 g/mol. The summed E-state index contributed by atoms with van der Waals surface area (Å²) in [7, 11) is 0. The van der Waals surface area contributed by atoms with Gasteiger partial charge in [-0.25, -0.2) is 4.39 Å². The molecule has 2 heteroatoms. The van der Waals surface area contributed by atoms with E-state index in [9.17, 15) is 4.39 Å². The largest absolute Gasteiger partial charge is 0.207 e.